The molecule has 2 heterocycles. The van der Waals surface area contributed by atoms with Gasteiger partial charge >= 0.3 is 0 Å². The van der Waals surface area contributed by atoms with E-state index >= 15 is 0 Å². The molecule has 5 nitrogen and oxygen atoms in total. The fourth-order valence-electron chi connectivity index (χ4n) is 2.67. The van der Waals surface area contributed by atoms with Crippen LogP contribution in [-0.2, 0) is 4.74 Å². The van der Waals surface area contributed by atoms with Gasteiger partial charge in [0.1, 0.15) is 0 Å². The maximum absolute atomic E-state index is 5.75. The number of aliphatic imine (C=N–C) groups is 1. The van der Waals surface area contributed by atoms with Gasteiger partial charge in [-0.05, 0) is 32.6 Å². The zero-order valence-electron chi connectivity index (χ0n) is 13.4. The number of halogens is 1. The molecular weight excluding hydrogens is 399 g/mol. The summed E-state index contributed by atoms with van der Waals surface area (Å²) in [5, 5.41) is 6.83. The Balaban J connectivity index is 0.00000220. The van der Waals surface area contributed by atoms with Crippen LogP contribution in [0.25, 0.3) is 0 Å². The molecule has 2 rings (SSSR count). The molecule has 2 saturated heterocycles. The molecule has 0 aromatic heterocycles. The van der Waals surface area contributed by atoms with Crippen LogP contribution in [0.4, 0.5) is 0 Å². The molecule has 2 unspecified atom stereocenters. The number of hydrogen-bond acceptors (Lipinski definition) is 4. The van der Waals surface area contributed by atoms with Crippen LogP contribution < -0.4 is 10.6 Å². The monoisotopic (exact) mass is 428 g/mol. The van der Waals surface area contributed by atoms with Crippen LogP contribution in [0.15, 0.2) is 4.99 Å². The van der Waals surface area contributed by atoms with Gasteiger partial charge in [-0.1, -0.05) is 0 Å². The summed E-state index contributed by atoms with van der Waals surface area (Å²) in [5.41, 5.74) is 0. The van der Waals surface area contributed by atoms with Gasteiger partial charge in [-0.25, -0.2) is 0 Å². The standard InChI is InChI=1S/C14H28N4OS.HI/c1-14(5-4-8-20-14)11-17-13(15-2)16-9-12-10-18(3)6-7-19-12;/h12H,4-11H2,1-3H3,(H2,15,16,17);1H. The molecule has 7 heteroatoms. The first kappa shape index (κ1) is 19.3. The lowest BCUT2D eigenvalue weighted by atomic mass is 10.1. The van der Waals surface area contributed by atoms with E-state index in [0.717, 1.165) is 38.7 Å². The number of nitrogens with one attached hydrogen (secondary N) is 2. The average molecular weight is 428 g/mol. The molecule has 0 saturated carbocycles. The van der Waals surface area contributed by atoms with Gasteiger partial charge in [0.05, 0.1) is 12.7 Å². The van der Waals surface area contributed by atoms with E-state index in [0.29, 0.717) is 4.75 Å². The van der Waals surface area contributed by atoms with Gasteiger partial charge in [0, 0.05) is 38.0 Å². The number of likely N-dealkylation sites (N-methyl/N-ethyl adjacent to an activating group) is 1. The summed E-state index contributed by atoms with van der Waals surface area (Å²) in [6, 6.07) is 0. The quantitative estimate of drug-likeness (QED) is 0.403. The molecule has 0 spiro atoms. The highest BCUT2D eigenvalue weighted by atomic mass is 127. The highest BCUT2D eigenvalue weighted by molar-refractivity contribution is 14.0. The third kappa shape index (κ3) is 6.50. The average Bonchev–Trinajstić information content (AvgIpc) is 2.86. The largest absolute Gasteiger partial charge is 0.374 e. The number of thioether (sulfide) groups is 1. The third-order valence-electron chi connectivity index (χ3n) is 3.99. The van der Waals surface area contributed by atoms with E-state index in [2.05, 4.69) is 46.3 Å². The van der Waals surface area contributed by atoms with Crippen molar-refractivity contribution in [2.24, 2.45) is 4.99 Å². The number of rotatable bonds is 4. The van der Waals surface area contributed by atoms with E-state index < -0.39 is 0 Å². The van der Waals surface area contributed by atoms with Crippen molar-refractivity contribution in [1.82, 2.24) is 15.5 Å². The van der Waals surface area contributed by atoms with Gasteiger partial charge < -0.3 is 20.3 Å². The van der Waals surface area contributed by atoms with Crippen LogP contribution in [0.1, 0.15) is 19.8 Å². The van der Waals surface area contributed by atoms with Crippen molar-refractivity contribution in [3.63, 3.8) is 0 Å². The molecule has 2 fully saturated rings. The molecule has 0 amide bonds. The van der Waals surface area contributed by atoms with Crippen molar-refractivity contribution in [3.05, 3.63) is 0 Å². The van der Waals surface area contributed by atoms with E-state index in [4.69, 9.17) is 4.74 Å². The molecule has 0 aromatic carbocycles. The fraction of sp³-hybridized carbons (Fsp3) is 0.929. The first-order chi connectivity index (χ1) is 9.61. The molecule has 2 aliphatic rings. The third-order valence-corrected chi connectivity index (χ3v) is 5.53. The Kier molecular flexibility index (Phi) is 8.66. The Morgan fingerprint density at radius 1 is 1.48 bits per heavy atom. The van der Waals surface area contributed by atoms with Crippen molar-refractivity contribution in [2.45, 2.75) is 30.6 Å². The van der Waals surface area contributed by atoms with Gasteiger partial charge in [0.2, 0.25) is 0 Å². The predicted molar refractivity (Wildman–Crippen MR) is 102 cm³/mol. The maximum Gasteiger partial charge on any atom is 0.191 e. The van der Waals surface area contributed by atoms with Crippen LogP contribution >= 0.6 is 35.7 Å². The lowest BCUT2D eigenvalue weighted by Gasteiger charge is -2.31. The Morgan fingerprint density at radius 2 is 2.29 bits per heavy atom. The van der Waals surface area contributed by atoms with Crippen molar-refractivity contribution in [3.8, 4) is 0 Å². The smallest absolute Gasteiger partial charge is 0.191 e. The van der Waals surface area contributed by atoms with Gasteiger partial charge in [-0.15, -0.1) is 24.0 Å². The highest BCUT2D eigenvalue weighted by Crippen LogP contribution is 2.36. The van der Waals surface area contributed by atoms with Crippen LogP contribution in [0.5, 0.6) is 0 Å². The summed E-state index contributed by atoms with van der Waals surface area (Å²) in [5.74, 6) is 2.17. The SMILES string of the molecule is CN=C(NCC1CN(C)CCO1)NCC1(C)CCCS1.I. The molecule has 2 atom stereocenters. The van der Waals surface area contributed by atoms with Gasteiger partial charge in [-0.3, -0.25) is 4.99 Å². The summed E-state index contributed by atoms with van der Waals surface area (Å²) in [6.07, 6.45) is 2.87. The molecule has 124 valence electrons. The molecule has 2 N–H and O–H groups in total. The minimum absolute atomic E-state index is 0. The van der Waals surface area contributed by atoms with E-state index in [-0.39, 0.29) is 30.1 Å². The Morgan fingerprint density at radius 3 is 2.90 bits per heavy atom. The summed E-state index contributed by atoms with van der Waals surface area (Å²) in [6.45, 7) is 6.96. The molecule has 0 radical (unpaired) electrons. The first-order valence-corrected chi connectivity index (χ1v) is 8.48. The Hall–Kier alpha value is 0.270. The summed E-state index contributed by atoms with van der Waals surface area (Å²) in [4.78, 5) is 6.61. The second kappa shape index (κ2) is 9.42. The van der Waals surface area contributed by atoms with E-state index in [1.165, 1.54) is 18.6 Å². The topological polar surface area (TPSA) is 48.9 Å². The summed E-state index contributed by atoms with van der Waals surface area (Å²) < 4.78 is 6.11. The zero-order chi connectivity index (χ0) is 14.4. The second-order valence-corrected chi connectivity index (χ2v) is 7.65. The van der Waals surface area contributed by atoms with E-state index in [1.54, 1.807) is 0 Å². The number of hydrogen-bond donors (Lipinski definition) is 2. The number of nitrogens with zero attached hydrogens (tertiary/aromatic N) is 2. The molecule has 0 aliphatic carbocycles. The van der Waals surface area contributed by atoms with Crippen molar-refractivity contribution < 1.29 is 4.74 Å². The van der Waals surface area contributed by atoms with Crippen molar-refractivity contribution in [1.29, 1.82) is 0 Å². The predicted octanol–water partition coefficient (Wildman–Crippen LogP) is 1.39. The lowest BCUT2D eigenvalue weighted by Crippen LogP contribution is -2.49. The number of ether oxygens (including phenoxy) is 1. The number of guanidine groups is 1. The van der Waals surface area contributed by atoms with Gasteiger partial charge in [0.15, 0.2) is 5.96 Å². The van der Waals surface area contributed by atoms with Crippen LogP contribution in [0.2, 0.25) is 0 Å². The molecule has 2 aliphatic heterocycles. The Labute approximate surface area is 150 Å². The molecular formula is C14H29IN4OS. The van der Waals surface area contributed by atoms with Crippen LogP contribution in [0, 0.1) is 0 Å². The fourth-order valence-corrected chi connectivity index (χ4v) is 3.91. The van der Waals surface area contributed by atoms with E-state index in [1.807, 2.05) is 7.05 Å². The van der Waals surface area contributed by atoms with E-state index in [9.17, 15) is 0 Å². The Bertz CT molecular complexity index is 337. The second-order valence-electron chi connectivity index (χ2n) is 5.96. The maximum atomic E-state index is 5.75. The minimum atomic E-state index is 0. The summed E-state index contributed by atoms with van der Waals surface area (Å²) in [7, 11) is 3.97. The molecule has 21 heavy (non-hydrogen) atoms. The normalized spacial score (nSPS) is 30.8. The number of morpholine rings is 1. The highest BCUT2D eigenvalue weighted by Gasteiger charge is 2.29. The van der Waals surface area contributed by atoms with Crippen molar-refractivity contribution >= 4 is 41.7 Å². The summed E-state index contributed by atoms with van der Waals surface area (Å²) >= 11 is 2.07. The van der Waals surface area contributed by atoms with Crippen LogP contribution in [0.3, 0.4) is 0 Å². The van der Waals surface area contributed by atoms with Crippen molar-refractivity contribution in [2.75, 3.05) is 52.6 Å². The van der Waals surface area contributed by atoms with Gasteiger partial charge in [0.25, 0.3) is 0 Å². The molecule has 0 aromatic rings. The van der Waals surface area contributed by atoms with Crippen LogP contribution in [-0.4, -0.2) is 74.3 Å². The molecule has 0 bridgehead atoms. The zero-order valence-corrected chi connectivity index (χ0v) is 16.5. The van der Waals surface area contributed by atoms with Gasteiger partial charge in [-0.2, -0.15) is 11.8 Å². The lowest BCUT2D eigenvalue weighted by molar-refractivity contribution is -0.0161. The first-order valence-electron chi connectivity index (χ1n) is 7.50. The minimum Gasteiger partial charge on any atom is -0.374 e.